The summed E-state index contributed by atoms with van der Waals surface area (Å²) in [5.41, 5.74) is 0.825. The van der Waals surface area contributed by atoms with Crippen molar-refractivity contribution in [2.45, 2.75) is 26.3 Å². The number of phenolic OH excluding ortho intramolecular Hbond substituents is 1. The highest BCUT2D eigenvalue weighted by Gasteiger charge is 2.16. The lowest BCUT2D eigenvalue weighted by atomic mass is 10.0. The molecule has 0 bridgehead atoms. The molecule has 1 unspecified atom stereocenters. The number of benzene rings is 1. The molecule has 116 valence electrons. The number of ether oxygens (including phenoxy) is 1. The smallest absolute Gasteiger partial charge is 0.303 e. The zero-order valence-corrected chi connectivity index (χ0v) is 12.5. The maximum absolute atomic E-state index is 12.0. The third kappa shape index (κ3) is 5.33. The number of rotatable bonds is 7. The summed E-state index contributed by atoms with van der Waals surface area (Å²) in [5.74, 6) is -0.818. The monoisotopic (exact) mass is 295 g/mol. The van der Waals surface area contributed by atoms with Crippen molar-refractivity contribution in [1.29, 1.82) is 0 Å². The van der Waals surface area contributed by atoms with Crippen molar-refractivity contribution < 1.29 is 24.5 Å². The summed E-state index contributed by atoms with van der Waals surface area (Å²) in [6.45, 7) is 2.11. The van der Waals surface area contributed by atoms with E-state index in [4.69, 9.17) is 9.84 Å². The van der Waals surface area contributed by atoms with E-state index >= 15 is 0 Å². The fourth-order valence-corrected chi connectivity index (χ4v) is 2.01. The maximum Gasteiger partial charge on any atom is 0.303 e. The second kappa shape index (κ2) is 7.52. The molecule has 1 amide bonds. The Balaban J connectivity index is 2.61. The minimum Gasteiger partial charge on any atom is -0.504 e. The van der Waals surface area contributed by atoms with Gasteiger partial charge >= 0.3 is 5.97 Å². The zero-order valence-electron chi connectivity index (χ0n) is 12.5. The number of hydrogen-bond acceptors (Lipinski definition) is 4. The highest BCUT2D eigenvalue weighted by atomic mass is 16.5. The molecular formula is C15H21NO5. The number of nitrogens with zero attached hydrogens (tertiary/aromatic N) is 1. The van der Waals surface area contributed by atoms with Crippen molar-refractivity contribution in [3.05, 3.63) is 23.8 Å². The van der Waals surface area contributed by atoms with Crippen molar-refractivity contribution in [2.75, 3.05) is 14.2 Å². The highest BCUT2D eigenvalue weighted by molar-refractivity contribution is 5.77. The zero-order chi connectivity index (χ0) is 16.0. The first-order chi connectivity index (χ1) is 9.83. The van der Waals surface area contributed by atoms with E-state index in [2.05, 4.69) is 0 Å². The van der Waals surface area contributed by atoms with Gasteiger partial charge in [0.05, 0.1) is 7.11 Å². The van der Waals surface area contributed by atoms with Crippen molar-refractivity contribution >= 4 is 11.9 Å². The highest BCUT2D eigenvalue weighted by Crippen LogP contribution is 2.26. The van der Waals surface area contributed by atoms with Crippen molar-refractivity contribution in [1.82, 2.24) is 4.90 Å². The molecule has 6 nitrogen and oxygen atoms in total. The van der Waals surface area contributed by atoms with Crippen LogP contribution >= 0.6 is 0 Å². The van der Waals surface area contributed by atoms with Gasteiger partial charge in [-0.15, -0.1) is 0 Å². The van der Waals surface area contributed by atoms with Gasteiger partial charge in [0.1, 0.15) is 0 Å². The van der Waals surface area contributed by atoms with Crippen LogP contribution in [-0.2, 0) is 16.1 Å². The average molecular weight is 295 g/mol. The molecule has 21 heavy (non-hydrogen) atoms. The van der Waals surface area contributed by atoms with Gasteiger partial charge in [-0.05, 0) is 23.6 Å². The molecule has 0 saturated heterocycles. The molecule has 0 heterocycles. The van der Waals surface area contributed by atoms with Gasteiger partial charge in [-0.25, -0.2) is 0 Å². The lowest BCUT2D eigenvalue weighted by Gasteiger charge is -2.19. The fourth-order valence-electron chi connectivity index (χ4n) is 2.01. The third-order valence-electron chi connectivity index (χ3n) is 3.14. The van der Waals surface area contributed by atoms with Crippen LogP contribution in [0.2, 0.25) is 0 Å². The Labute approximate surface area is 124 Å². The number of aromatic hydroxyl groups is 1. The molecule has 1 atom stereocenters. The average Bonchev–Trinajstić information content (AvgIpc) is 2.39. The van der Waals surface area contributed by atoms with E-state index in [0.29, 0.717) is 12.3 Å². The predicted octanol–water partition coefficient (Wildman–Crippen LogP) is 1.86. The number of carbonyl (C=O) groups is 2. The number of hydrogen-bond donors (Lipinski definition) is 2. The standard InChI is InChI=1S/C15H21NO5/c1-10(7-15(19)20)6-14(18)16(2)9-11-4-5-12(17)13(8-11)21-3/h4-5,8,10,17H,6-7,9H2,1-3H3,(H,19,20). The van der Waals surface area contributed by atoms with Gasteiger partial charge in [0, 0.05) is 26.4 Å². The van der Waals surface area contributed by atoms with E-state index in [-0.39, 0.29) is 30.4 Å². The number of carboxylic acid groups (broad SMARTS) is 1. The van der Waals surface area contributed by atoms with E-state index in [0.717, 1.165) is 5.56 Å². The Morgan fingerprint density at radius 1 is 1.33 bits per heavy atom. The van der Waals surface area contributed by atoms with Crippen molar-refractivity contribution in [3.8, 4) is 11.5 Å². The molecule has 0 aliphatic rings. The first-order valence-corrected chi connectivity index (χ1v) is 6.65. The molecule has 1 aromatic rings. The molecule has 0 aliphatic carbocycles. The van der Waals surface area contributed by atoms with Gasteiger partial charge in [0.15, 0.2) is 11.5 Å². The first-order valence-electron chi connectivity index (χ1n) is 6.65. The molecule has 0 spiro atoms. The summed E-state index contributed by atoms with van der Waals surface area (Å²) in [6, 6.07) is 4.89. The van der Waals surface area contributed by atoms with E-state index in [1.54, 1.807) is 26.1 Å². The van der Waals surface area contributed by atoms with Crippen LogP contribution in [-0.4, -0.2) is 41.1 Å². The van der Waals surface area contributed by atoms with Crippen molar-refractivity contribution in [2.24, 2.45) is 5.92 Å². The van der Waals surface area contributed by atoms with Gasteiger partial charge < -0.3 is 19.8 Å². The van der Waals surface area contributed by atoms with Gasteiger partial charge in [0.2, 0.25) is 5.91 Å². The SMILES string of the molecule is COc1cc(CN(C)C(=O)CC(C)CC(=O)O)ccc1O. The van der Waals surface area contributed by atoms with Gasteiger partial charge in [0.25, 0.3) is 0 Å². The number of carbonyl (C=O) groups excluding carboxylic acids is 1. The lowest BCUT2D eigenvalue weighted by molar-refractivity contribution is -0.138. The van der Waals surface area contributed by atoms with Gasteiger partial charge in [-0.3, -0.25) is 9.59 Å². The molecule has 0 aromatic heterocycles. The Kier molecular flexibility index (Phi) is 6.02. The Hall–Kier alpha value is -2.24. The second-order valence-electron chi connectivity index (χ2n) is 5.16. The first kappa shape index (κ1) is 16.8. The largest absolute Gasteiger partial charge is 0.504 e. The molecule has 0 aliphatic heterocycles. The van der Waals surface area contributed by atoms with Crippen LogP contribution in [0.1, 0.15) is 25.3 Å². The van der Waals surface area contributed by atoms with Gasteiger partial charge in [-0.1, -0.05) is 13.0 Å². The number of methoxy groups -OCH3 is 1. The molecule has 6 heteroatoms. The number of amides is 1. The molecule has 1 aromatic carbocycles. The quantitative estimate of drug-likeness (QED) is 0.801. The summed E-state index contributed by atoms with van der Waals surface area (Å²) in [5, 5.41) is 18.2. The van der Waals surface area contributed by atoms with E-state index < -0.39 is 5.97 Å². The predicted molar refractivity (Wildman–Crippen MR) is 77.2 cm³/mol. The van der Waals surface area contributed by atoms with Crippen LogP contribution in [0.5, 0.6) is 11.5 Å². The summed E-state index contributed by atoms with van der Waals surface area (Å²) in [6.07, 6.45) is 0.171. The van der Waals surface area contributed by atoms with Crippen LogP contribution in [0.15, 0.2) is 18.2 Å². The van der Waals surface area contributed by atoms with E-state index in [9.17, 15) is 14.7 Å². The summed E-state index contributed by atoms with van der Waals surface area (Å²) in [4.78, 5) is 24.1. The Morgan fingerprint density at radius 2 is 2.00 bits per heavy atom. The van der Waals surface area contributed by atoms with Crippen LogP contribution in [0.3, 0.4) is 0 Å². The Morgan fingerprint density at radius 3 is 2.57 bits per heavy atom. The molecule has 1 rings (SSSR count). The minimum atomic E-state index is -0.902. The normalized spacial score (nSPS) is 11.8. The second-order valence-corrected chi connectivity index (χ2v) is 5.16. The number of phenols is 1. The van der Waals surface area contributed by atoms with Crippen LogP contribution in [0.4, 0.5) is 0 Å². The molecular weight excluding hydrogens is 274 g/mol. The van der Waals surface area contributed by atoms with Crippen LogP contribution < -0.4 is 4.74 Å². The maximum atomic E-state index is 12.0. The van der Waals surface area contributed by atoms with Crippen LogP contribution in [0, 0.1) is 5.92 Å². The summed E-state index contributed by atoms with van der Waals surface area (Å²) < 4.78 is 5.02. The summed E-state index contributed by atoms with van der Waals surface area (Å²) >= 11 is 0. The van der Waals surface area contributed by atoms with Crippen LogP contribution in [0.25, 0.3) is 0 Å². The molecule has 0 radical (unpaired) electrons. The minimum absolute atomic E-state index is 0.0212. The van der Waals surface area contributed by atoms with Crippen molar-refractivity contribution in [3.63, 3.8) is 0 Å². The number of aliphatic carboxylic acids is 1. The molecule has 0 saturated carbocycles. The van der Waals surface area contributed by atoms with E-state index in [1.165, 1.54) is 18.1 Å². The topological polar surface area (TPSA) is 87.1 Å². The van der Waals surface area contributed by atoms with E-state index in [1.807, 2.05) is 0 Å². The lowest BCUT2D eigenvalue weighted by Crippen LogP contribution is -2.28. The fraction of sp³-hybridized carbons (Fsp3) is 0.467. The molecule has 0 fully saturated rings. The summed E-state index contributed by atoms with van der Waals surface area (Å²) in [7, 11) is 3.12. The number of carboxylic acids is 1. The molecule has 2 N–H and O–H groups in total. The Bertz CT molecular complexity index is 515. The van der Waals surface area contributed by atoms with Gasteiger partial charge in [-0.2, -0.15) is 0 Å². The third-order valence-corrected chi connectivity index (χ3v) is 3.14.